The monoisotopic (exact) mass is 248 g/mol. The molecule has 1 aromatic rings. The van der Waals surface area contributed by atoms with Crippen molar-refractivity contribution >= 4 is 12.0 Å². The van der Waals surface area contributed by atoms with Gasteiger partial charge in [0.15, 0.2) is 0 Å². The largest absolute Gasteiger partial charge is 0.445 e. The second-order valence-corrected chi connectivity index (χ2v) is 4.25. The normalized spacial score (nSPS) is 18.9. The number of carbonyl (C=O) groups is 2. The van der Waals surface area contributed by atoms with Crippen molar-refractivity contribution in [1.82, 2.24) is 10.6 Å². The van der Waals surface area contributed by atoms with E-state index >= 15 is 0 Å². The summed E-state index contributed by atoms with van der Waals surface area (Å²) in [5.74, 6) is -0.0328. The number of rotatable bonds is 3. The van der Waals surface area contributed by atoms with Gasteiger partial charge in [0.25, 0.3) is 0 Å². The van der Waals surface area contributed by atoms with Crippen molar-refractivity contribution in [2.75, 3.05) is 6.54 Å². The average Bonchev–Trinajstić information content (AvgIpc) is 2.38. The first-order chi connectivity index (χ1) is 8.74. The molecule has 1 aliphatic rings. The zero-order chi connectivity index (χ0) is 12.8. The summed E-state index contributed by atoms with van der Waals surface area (Å²) in [5.41, 5.74) is 0.939. The van der Waals surface area contributed by atoms with E-state index in [0.717, 1.165) is 12.0 Å². The quantitative estimate of drug-likeness (QED) is 0.844. The number of hydrogen-bond acceptors (Lipinski definition) is 3. The minimum absolute atomic E-state index is 0.0328. The first-order valence-electron chi connectivity index (χ1n) is 5.98. The van der Waals surface area contributed by atoms with E-state index in [-0.39, 0.29) is 18.6 Å². The minimum Gasteiger partial charge on any atom is -0.445 e. The van der Waals surface area contributed by atoms with E-state index in [9.17, 15) is 9.59 Å². The number of ether oxygens (including phenoxy) is 1. The van der Waals surface area contributed by atoms with Crippen LogP contribution in [0.3, 0.4) is 0 Å². The van der Waals surface area contributed by atoms with Crippen molar-refractivity contribution < 1.29 is 14.3 Å². The van der Waals surface area contributed by atoms with Gasteiger partial charge in [-0.1, -0.05) is 30.3 Å². The molecule has 5 heteroatoms. The lowest BCUT2D eigenvalue weighted by atomic mass is 10.1. The Morgan fingerprint density at radius 1 is 1.39 bits per heavy atom. The predicted molar refractivity (Wildman–Crippen MR) is 65.8 cm³/mol. The number of amides is 2. The lowest BCUT2D eigenvalue weighted by molar-refractivity contribution is -0.122. The molecule has 1 heterocycles. The fourth-order valence-electron chi connectivity index (χ4n) is 1.84. The number of alkyl carbamates (subject to hydrolysis) is 1. The molecule has 0 spiro atoms. The van der Waals surface area contributed by atoms with Gasteiger partial charge in [-0.05, 0) is 12.0 Å². The van der Waals surface area contributed by atoms with Crippen LogP contribution in [0.2, 0.25) is 0 Å². The van der Waals surface area contributed by atoms with Gasteiger partial charge < -0.3 is 15.4 Å². The van der Waals surface area contributed by atoms with E-state index in [1.807, 2.05) is 30.3 Å². The van der Waals surface area contributed by atoms with E-state index in [1.54, 1.807) is 0 Å². The summed E-state index contributed by atoms with van der Waals surface area (Å²) in [5, 5.41) is 5.41. The highest BCUT2D eigenvalue weighted by Gasteiger charge is 2.20. The van der Waals surface area contributed by atoms with Gasteiger partial charge in [0.2, 0.25) is 5.91 Å². The fraction of sp³-hybridized carbons (Fsp3) is 0.385. The van der Waals surface area contributed by atoms with Crippen LogP contribution in [0.1, 0.15) is 18.4 Å². The van der Waals surface area contributed by atoms with E-state index in [1.165, 1.54) is 0 Å². The number of carbonyl (C=O) groups excluding carboxylic acids is 2. The van der Waals surface area contributed by atoms with Crippen LogP contribution in [0.15, 0.2) is 30.3 Å². The lowest BCUT2D eigenvalue weighted by Crippen LogP contribution is -2.45. The van der Waals surface area contributed by atoms with Crippen LogP contribution in [-0.4, -0.2) is 24.6 Å². The third kappa shape index (κ3) is 3.76. The Kier molecular flexibility index (Phi) is 4.17. The van der Waals surface area contributed by atoms with E-state index in [2.05, 4.69) is 10.6 Å². The van der Waals surface area contributed by atoms with Crippen LogP contribution in [0.5, 0.6) is 0 Å². The highest BCUT2D eigenvalue weighted by atomic mass is 16.5. The molecule has 96 valence electrons. The van der Waals surface area contributed by atoms with Crippen LogP contribution in [0.25, 0.3) is 0 Å². The molecule has 1 unspecified atom stereocenters. The summed E-state index contributed by atoms with van der Waals surface area (Å²) in [7, 11) is 0. The molecule has 5 nitrogen and oxygen atoms in total. The van der Waals surface area contributed by atoms with Crippen LogP contribution < -0.4 is 10.6 Å². The fourth-order valence-corrected chi connectivity index (χ4v) is 1.84. The standard InChI is InChI=1S/C13H16N2O3/c16-12-8-11(6-7-14-12)15-13(17)18-9-10-4-2-1-3-5-10/h1-5,11H,6-9H2,(H,14,16)(H,15,17). The molecular weight excluding hydrogens is 232 g/mol. The first-order valence-corrected chi connectivity index (χ1v) is 5.98. The molecule has 2 N–H and O–H groups in total. The molecule has 1 fully saturated rings. The van der Waals surface area contributed by atoms with Crippen LogP contribution in [0, 0.1) is 0 Å². The zero-order valence-electron chi connectivity index (χ0n) is 10.0. The average molecular weight is 248 g/mol. The molecule has 1 aliphatic heterocycles. The molecule has 0 saturated carbocycles. The molecule has 0 aromatic heterocycles. The van der Waals surface area contributed by atoms with Crippen LogP contribution >= 0.6 is 0 Å². The molecule has 1 aromatic carbocycles. The summed E-state index contributed by atoms with van der Waals surface area (Å²) in [4.78, 5) is 22.7. The third-order valence-corrected chi connectivity index (χ3v) is 2.78. The minimum atomic E-state index is -0.474. The first kappa shape index (κ1) is 12.4. The lowest BCUT2D eigenvalue weighted by Gasteiger charge is -2.22. The summed E-state index contributed by atoms with van der Waals surface area (Å²) in [6.07, 6.45) is 0.589. The second-order valence-electron chi connectivity index (χ2n) is 4.25. The molecule has 0 bridgehead atoms. The zero-order valence-corrected chi connectivity index (χ0v) is 10.0. The van der Waals surface area contributed by atoms with Crippen LogP contribution in [-0.2, 0) is 16.1 Å². The van der Waals surface area contributed by atoms with Gasteiger partial charge in [-0.25, -0.2) is 4.79 Å². The van der Waals surface area contributed by atoms with E-state index in [4.69, 9.17) is 4.74 Å². The SMILES string of the molecule is O=C1CC(NC(=O)OCc2ccccc2)CCN1. The van der Waals surface area contributed by atoms with Gasteiger partial charge in [0, 0.05) is 19.0 Å². The Morgan fingerprint density at radius 3 is 2.89 bits per heavy atom. The van der Waals surface area contributed by atoms with Gasteiger partial charge >= 0.3 is 6.09 Å². The van der Waals surface area contributed by atoms with Crippen molar-refractivity contribution in [3.8, 4) is 0 Å². The van der Waals surface area contributed by atoms with E-state index < -0.39 is 6.09 Å². The van der Waals surface area contributed by atoms with Crippen molar-refractivity contribution in [3.63, 3.8) is 0 Å². The number of nitrogens with one attached hydrogen (secondary N) is 2. The second kappa shape index (κ2) is 6.05. The summed E-state index contributed by atoms with van der Waals surface area (Å²) >= 11 is 0. The summed E-state index contributed by atoms with van der Waals surface area (Å²) < 4.78 is 5.08. The molecule has 2 rings (SSSR count). The van der Waals surface area contributed by atoms with Crippen LogP contribution in [0.4, 0.5) is 4.79 Å². The Bertz CT molecular complexity index is 420. The molecule has 2 amide bonds. The number of hydrogen-bond donors (Lipinski definition) is 2. The number of piperidine rings is 1. The van der Waals surface area contributed by atoms with Crippen molar-refractivity contribution in [1.29, 1.82) is 0 Å². The highest BCUT2D eigenvalue weighted by molar-refractivity contribution is 5.78. The summed E-state index contributed by atoms with van der Waals surface area (Å²) in [6, 6.07) is 9.35. The Balaban J connectivity index is 1.73. The predicted octanol–water partition coefficient (Wildman–Crippen LogP) is 1.19. The van der Waals surface area contributed by atoms with Gasteiger partial charge in [-0.2, -0.15) is 0 Å². The Labute approximate surface area is 106 Å². The highest BCUT2D eigenvalue weighted by Crippen LogP contribution is 2.05. The molecule has 0 aliphatic carbocycles. The van der Waals surface area contributed by atoms with Gasteiger partial charge in [0.05, 0.1) is 0 Å². The topological polar surface area (TPSA) is 67.4 Å². The van der Waals surface area contributed by atoms with Gasteiger partial charge in [-0.15, -0.1) is 0 Å². The molecule has 1 atom stereocenters. The van der Waals surface area contributed by atoms with Gasteiger partial charge in [0.1, 0.15) is 6.61 Å². The maximum atomic E-state index is 11.5. The van der Waals surface area contributed by atoms with Crippen molar-refractivity contribution in [2.24, 2.45) is 0 Å². The third-order valence-electron chi connectivity index (χ3n) is 2.78. The smallest absolute Gasteiger partial charge is 0.407 e. The van der Waals surface area contributed by atoms with E-state index in [0.29, 0.717) is 13.0 Å². The van der Waals surface area contributed by atoms with Crippen molar-refractivity contribution in [2.45, 2.75) is 25.5 Å². The molecule has 1 saturated heterocycles. The molecule has 0 radical (unpaired) electrons. The Morgan fingerprint density at radius 2 is 2.17 bits per heavy atom. The van der Waals surface area contributed by atoms with Crippen molar-refractivity contribution in [3.05, 3.63) is 35.9 Å². The van der Waals surface area contributed by atoms with Gasteiger partial charge in [-0.3, -0.25) is 4.79 Å². The Hall–Kier alpha value is -2.04. The number of benzene rings is 1. The maximum Gasteiger partial charge on any atom is 0.407 e. The summed E-state index contributed by atoms with van der Waals surface area (Å²) in [6.45, 7) is 0.841. The molecule has 18 heavy (non-hydrogen) atoms. The molecular formula is C13H16N2O3. The maximum absolute atomic E-state index is 11.5.